The normalized spacial score (nSPS) is 17.5. The molecule has 0 radical (unpaired) electrons. The van der Waals surface area contributed by atoms with Crippen LogP contribution in [0.4, 0.5) is 5.69 Å². The van der Waals surface area contributed by atoms with E-state index in [4.69, 9.17) is 12.2 Å². The van der Waals surface area contributed by atoms with Crippen LogP contribution in [-0.4, -0.2) is 55.7 Å². The number of carbonyl (C=O) groups excluding carboxylic acids is 1. The Morgan fingerprint density at radius 1 is 1.36 bits per heavy atom. The van der Waals surface area contributed by atoms with Crippen LogP contribution in [0.25, 0.3) is 11.0 Å². The number of carbonyl (C=O) groups is 1. The lowest BCUT2D eigenvalue weighted by Gasteiger charge is -2.36. The third-order valence-electron chi connectivity index (χ3n) is 4.64. The fourth-order valence-electron chi connectivity index (χ4n) is 3.22. The molecule has 134 valence electrons. The minimum absolute atomic E-state index is 0.0265. The van der Waals surface area contributed by atoms with Crippen LogP contribution < -0.4 is 5.32 Å². The van der Waals surface area contributed by atoms with Gasteiger partial charge in [-0.05, 0) is 57.1 Å². The molecule has 3 rings (SSSR count). The molecule has 0 aliphatic carbocycles. The van der Waals surface area contributed by atoms with Crippen molar-refractivity contribution in [2.24, 2.45) is 5.92 Å². The van der Waals surface area contributed by atoms with Crippen molar-refractivity contribution in [3.63, 3.8) is 0 Å². The van der Waals surface area contributed by atoms with Crippen molar-refractivity contribution >= 4 is 51.7 Å². The average molecular weight is 378 g/mol. The number of amides is 1. The maximum Gasteiger partial charge on any atom is 0.227 e. The number of nitrogens with one attached hydrogen (secondary N) is 1. The van der Waals surface area contributed by atoms with Gasteiger partial charge in [-0.15, -0.1) is 0 Å². The molecule has 1 aromatic carbocycles. The van der Waals surface area contributed by atoms with Gasteiger partial charge in [-0.3, -0.25) is 4.79 Å². The second-order valence-corrected chi connectivity index (χ2v) is 7.11. The number of likely N-dealkylation sites (tertiary alicyclic amines) is 1. The topological polar surface area (TPSA) is 61.4 Å². The van der Waals surface area contributed by atoms with Crippen molar-refractivity contribution in [1.29, 1.82) is 0 Å². The number of fused-ring (bicyclic) bond motifs is 1. The van der Waals surface area contributed by atoms with E-state index in [0.717, 1.165) is 49.2 Å². The highest BCUT2D eigenvalue weighted by Gasteiger charge is 2.29. The molecule has 6 nitrogen and oxygen atoms in total. The van der Waals surface area contributed by atoms with E-state index in [9.17, 15) is 4.79 Å². The zero-order chi connectivity index (χ0) is 17.8. The summed E-state index contributed by atoms with van der Waals surface area (Å²) in [5.41, 5.74) is 2.66. The number of aromatic nitrogens is 2. The van der Waals surface area contributed by atoms with Crippen LogP contribution in [0.1, 0.15) is 26.7 Å². The molecule has 2 aromatic rings. The summed E-state index contributed by atoms with van der Waals surface area (Å²) in [4.78, 5) is 16.6. The van der Waals surface area contributed by atoms with Crippen LogP contribution in [-0.2, 0) is 4.79 Å². The van der Waals surface area contributed by atoms with E-state index in [1.165, 1.54) is 11.7 Å². The summed E-state index contributed by atoms with van der Waals surface area (Å²) in [6.45, 7) is 7.14. The molecule has 1 saturated heterocycles. The number of nitrogens with zero attached hydrogens (tertiary/aromatic N) is 4. The lowest BCUT2D eigenvalue weighted by Crippen LogP contribution is -2.47. The Morgan fingerprint density at radius 3 is 2.88 bits per heavy atom. The first-order chi connectivity index (χ1) is 12.1. The van der Waals surface area contributed by atoms with Gasteiger partial charge in [0.05, 0.1) is 17.6 Å². The summed E-state index contributed by atoms with van der Waals surface area (Å²) in [7, 11) is 0. The molecule has 1 aliphatic heterocycles. The highest BCUT2D eigenvalue weighted by molar-refractivity contribution is 7.80. The Balaban J connectivity index is 1.64. The van der Waals surface area contributed by atoms with Gasteiger partial charge in [-0.1, -0.05) is 0 Å². The first-order valence-electron chi connectivity index (χ1n) is 8.69. The summed E-state index contributed by atoms with van der Waals surface area (Å²) in [6, 6.07) is 5.85. The first kappa shape index (κ1) is 18.0. The molecule has 8 heteroatoms. The Kier molecular flexibility index (Phi) is 5.80. The smallest absolute Gasteiger partial charge is 0.227 e. The summed E-state index contributed by atoms with van der Waals surface area (Å²) in [5.74, 6) is 0.270. The minimum Gasteiger partial charge on any atom is -0.348 e. The van der Waals surface area contributed by atoms with Gasteiger partial charge in [0.1, 0.15) is 11.0 Å². The number of rotatable bonds is 4. The van der Waals surface area contributed by atoms with E-state index in [-0.39, 0.29) is 11.8 Å². The first-order valence-corrected chi connectivity index (χ1v) is 9.83. The summed E-state index contributed by atoms with van der Waals surface area (Å²) >= 11 is 6.78. The highest BCUT2D eigenvalue weighted by atomic mass is 32.1. The molecule has 1 aliphatic rings. The third kappa shape index (κ3) is 4.07. The summed E-state index contributed by atoms with van der Waals surface area (Å²) in [6.07, 6.45) is 1.92. The van der Waals surface area contributed by atoms with Crippen LogP contribution in [0.3, 0.4) is 0 Å². The van der Waals surface area contributed by atoms with Gasteiger partial charge in [0.25, 0.3) is 0 Å². The Labute approximate surface area is 157 Å². The number of hydrogen-bond acceptors (Lipinski definition) is 5. The Morgan fingerprint density at radius 2 is 2.12 bits per heavy atom. The largest absolute Gasteiger partial charge is 0.348 e. The predicted octanol–water partition coefficient (Wildman–Crippen LogP) is 2.97. The van der Waals surface area contributed by atoms with Crippen LogP contribution in [0.15, 0.2) is 18.2 Å². The monoisotopic (exact) mass is 377 g/mol. The van der Waals surface area contributed by atoms with Gasteiger partial charge in [0.2, 0.25) is 5.91 Å². The van der Waals surface area contributed by atoms with Crippen LogP contribution in [0.5, 0.6) is 0 Å². The molecule has 1 N–H and O–H groups in total. The van der Waals surface area contributed by atoms with Gasteiger partial charge in [-0.2, -0.15) is 8.75 Å². The molecule has 0 bridgehead atoms. The second-order valence-electron chi connectivity index (χ2n) is 6.19. The SMILES string of the molecule is CCN(CC)C(=O)C1CCCN(C(=S)Nc2ccc3nsnc3c2)C1. The minimum atomic E-state index is 0.0265. The second kappa shape index (κ2) is 8.05. The molecule has 1 aromatic heterocycles. The molecule has 0 spiro atoms. The maximum absolute atomic E-state index is 12.6. The van der Waals surface area contributed by atoms with Crippen molar-refractivity contribution in [3.8, 4) is 0 Å². The molecule has 1 unspecified atom stereocenters. The highest BCUT2D eigenvalue weighted by Crippen LogP contribution is 2.21. The van der Waals surface area contributed by atoms with Crippen LogP contribution >= 0.6 is 23.9 Å². The zero-order valence-electron chi connectivity index (χ0n) is 14.6. The number of piperidine rings is 1. The predicted molar refractivity (Wildman–Crippen MR) is 106 cm³/mol. The van der Waals surface area contributed by atoms with E-state index in [1.54, 1.807) is 0 Å². The lowest BCUT2D eigenvalue weighted by atomic mass is 9.96. The zero-order valence-corrected chi connectivity index (χ0v) is 16.2. The quantitative estimate of drug-likeness (QED) is 0.827. The average Bonchev–Trinajstić information content (AvgIpc) is 3.10. The molecular weight excluding hydrogens is 354 g/mol. The molecular formula is C17H23N5OS2. The van der Waals surface area contributed by atoms with Crippen LogP contribution in [0, 0.1) is 5.92 Å². The number of thiocarbonyl (C=S) groups is 1. The number of anilines is 1. The van der Waals surface area contributed by atoms with Crippen molar-refractivity contribution in [2.75, 3.05) is 31.5 Å². The van der Waals surface area contributed by atoms with E-state index in [0.29, 0.717) is 11.7 Å². The number of benzene rings is 1. The van der Waals surface area contributed by atoms with E-state index in [1.807, 2.05) is 36.9 Å². The lowest BCUT2D eigenvalue weighted by molar-refractivity contribution is -0.136. The van der Waals surface area contributed by atoms with E-state index in [2.05, 4.69) is 19.0 Å². The fourth-order valence-corrected chi connectivity index (χ4v) is 4.02. The van der Waals surface area contributed by atoms with Gasteiger partial charge >= 0.3 is 0 Å². The molecule has 2 heterocycles. The van der Waals surface area contributed by atoms with Gasteiger partial charge in [0, 0.05) is 31.9 Å². The summed E-state index contributed by atoms with van der Waals surface area (Å²) in [5, 5.41) is 3.95. The summed E-state index contributed by atoms with van der Waals surface area (Å²) < 4.78 is 8.46. The molecule has 1 amide bonds. The van der Waals surface area contributed by atoms with E-state index < -0.39 is 0 Å². The van der Waals surface area contributed by atoms with E-state index >= 15 is 0 Å². The molecule has 1 fully saturated rings. The standard InChI is InChI=1S/C17H23N5OS2/c1-3-21(4-2)16(23)12-6-5-9-22(11-12)17(24)18-13-7-8-14-15(10-13)20-25-19-14/h7-8,10,12H,3-6,9,11H2,1-2H3,(H,18,24). The van der Waals surface area contributed by atoms with Crippen LogP contribution in [0.2, 0.25) is 0 Å². The van der Waals surface area contributed by atoms with Gasteiger partial charge in [0.15, 0.2) is 5.11 Å². The fraction of sp³-hybridized carbons (Fsp3) is 0.529. The van der Waals surface area contributed by atoms with Crippen molar-refractivity contribution in [2.45, 2.75) is 26.7 Å². The van der Waals surface area contributed by atoms with Crippen molar-refractivity contribution in [3.05, 3.63) is 18.2 Å². The van der Waals surface area contributed by atoms with Gasteiger partial charge in [-0.25, -0.2) is 0 Å². The maximum atomic E-state index is 12.6. The van der Waals surface area contributed by atoms with Gasteiger partial charge < -0.3 is 15.1 Å². The molecule has 25 heavy (non-hydrogen) atoms. The third-order valence-corrected chi connectivity index (χ3v) is 5.55. The molecule has 1 atom stereocenters. The Hall–Kier alpha value is -1.80. The number of hydrogen-bond donors (Lipinski definition) is 1. The Bertz CT molecular complexity index is 758. The molecule has 0 saturated carbocycles. The van der Waals surface area contributed by atoms with Crippen molar-refractivity contribution in [1.82, 2.24) is 18.5 Å². The van der Waals surface area contributed by atoms with Crippen molar-refractivity contribution < 1.29 is 4.79 Å².